The Morgan fingerprint density at radius 1 is 0.821 bits per heavy atom. The first-order valence-corrected chi connectivity index (χ1v) is 10.6. The molecular weight excluding hydrogens is 348 g/mol. The molecule has 0 heterocycles. The molecule has 0 spiro atoms. The van der Waals surface area contributed by atoms with Gasteiger partial charge in [0.15, 0.2) is 0 Å². The van der Waals surface area contributed by atoms with Gasteiger partial charge in [0.05, 0.1) is 11.4 Å². The van der Waals surface area contributed by atoms with Crippen molar-refractivity contribution in [3.63, 3.8) is 0 Å². The summed E-state index contributed by atoms with van der Waals surface area (Å²) in [7, 11) is 0. The summed E-state index contributed by atoms with van der Waals surface area (Å²) >= 11 is 0. The van der Waals surface area contributed by atoms with Gasteiger partial charge in [-0.3, -0.25) is 0 Å². The topological polar surface area (TPSA) is 92.5 Å². The molecule has 1 aliphatic rings. The van der Waals surface area contributed by atoms with Gasteiger partial charge in [-0.2, -0.15) is 0 Å². The molecular formula is C24H40N2O2. The van der Waals surface area contributed by atoms with Crippen molar-refractivity contribution in [1.82, 2.24) is 0 Å². The summed E-state index contributed by atoms with van der Waals surface area (Å²) in [5.74, 6) is 1.16. The molecule has 2 aromatic carbocycles. The molecule has 0 aliphatic heterocycles. The van der Waals surface area contributed by atoms with Crippen LogP contribution in [0.25, 0.3) is 0 Å². The van der Waals surface area contributed by atoms with Gasteiger partial charge in [-0.05, 0) is 42.2 Å². The summed E-state index contributed by atoms with van der Waals surface area (Å²) in [6.45, 7) is 8.25. The Labute approximate surface area is 171 Å². The number of benzene rings is 2. The minimum absolute atomic E-state index is 0.146. The molecule has 0 amide bonds. The van der Waals surface area contributed by atoms with Gasteiger partial charge in [-0.15, -0.1) is 0 Å². The fourth-order valence-corrected chi connectivity index (χ4v) is 2.94. The molecule has 6 N–H and O–H groups in total. The van der Waals surface area contributed by atoms with Crippen LogP contribution in [0, 0.1) is 5.92 Å². The van der Waals surface area contributed by atoms with Crippen LogP contribution >= 0.6 is 0 Å². The molecule has 28 heavy (non-hydrogen) atoms. The highest BCUT2D eigenvalue weighted by Gasteiger charge is 2.14. The molecule has 1 saturated carbocycles. The first-order valence-electron chi connectivity index (χ1n) is 10.6. The van der Waals surface area contributed by atoms with Crippen molar-refractivity contribution in [1.29, 1.82) is 0 Å². The van der Waals surface area contributed by atoms with Gasteiger partial charge < -0.3 is 21.7 Å². The first-order chi connectivity index (χ1) is 13.5. The van der Waals surface area contributed by atoms with E-state index in [4.69, 9.17) is 16.6 Å². The maximum atomic E-state index is 9.32. The molecule has 0 aromatic heterocycles. The number of para-hydroxylation sites is 2. The van der Waals surface area contributed by atoms with E-state index < -0.39 is 0 Å². The molecule has 1 aliphatic carbocycles. The van der Waals surface area contributed by atoms with Crippen LogP contribution in [0.15, 0.2) is 42.5 Å². The maximum absolute atomic E-state index is 9.32. The molecule has 0 radical (unpaired) electrons. The van der Waals surface area contributed by atoms with E-state index in [1.165, 1.54) is 44.1 Å². The predicted molar refractivity (Wildman–Crippen MR) is 123 cm³/mol. The Balaban J connectivity index is 0.000000472. The van der Waals surface area contributed by atoms with Crippen molar-refractivity contribution in [3.8, 4) is 11.5 Å². The van der Waals surface area contributed by atoms with E-state index in [-0.39, 0.29) is 11.5 Å². The normalized spacial score (nSPS) is 13.0. The lowest BCUT2D eigenvalue weighted by atomic mass is 9.85. The van der Waals surface area contributed by atoms with Crippen LogP contribution in [-0.2, 0) is 6.42 Å². The Morgan fingerprint density at radius 3 is 1.82 bits per heavy atom. The van der Waals surface area contributed by atoms with Gasteiger partial charge >= 0.3 is 0 Å². The number of nitrogens with two attached hydrogens (primary N) is 2. The van der Waals surface area contributed by atoms with Crippen LogP contribution in [0.4, 0.5) is 11.4 Å². The Morgan fingerprint density at radius 2 is 1.36 bits per heavy atom. The monoisotopic (exact) mass is 388 g/mol. The predicted octanol–water partition coefficient (Wildman–Crippen LogP) is 6.51. The van der Waals surface area contributed by atoms with Gasteiger partial charge in [-0.1, -0.05) is 84.4 Å². The number of aromatic hydroxyl groups is 2. The molecule has 4 heteroatoms. The van der Waals surface area contributed by atoms with Crippen molar-refractivity contribution >= 4 is 11.4 Å². The lowest BCUT2D eigenvalue weighted by molar-refractivity contribution is 0.356. The minimum atomic E-state index is 0.146. The molecule has 158 valence electrons. The second-order valence-electron chi connectivity index (χ2n) is 6.87. The van der Waals surface area contributed by atoms with E-state index in [0.717, 1.165) is 12.3 Å². The molecule has 0 atom stereocenters. The summed E-state index contributed by atoms with van der Waals surface area (Å²) in [6, 6.07) is 12.3. The molecule has 4 nitrogen and oxygen atoms in total. The second-order valence-corrected chi connectivity index (χ2v) is 6.87. The molecule has 0 unspecified atom stereocenters. The zero-order valence-corrected chi connectivity index (χ0v) is 18.1. The summed E-state index contributed by atoms with van der Waals surface area (Å²) in [5, 5.41) is 18.1. The minimum Gasteiger partial charge on any atom is -0.506 e. The number of anilines is 2. The van der Waals surface area contributed by atoms with E-state index in [1.807, 2.05) is 26.0 Å². The number of rotatable bonds is 2. The summed E-state index contributed by atoms with van der Waals surface area (Å²) in [6.07, 6.45) is 9.21. The Bertz CT molecular complexity index is 617. The summed E-state index contributed by atoms with van der Waals surface area (Å²) in [5.41, 5.74) is 13.1. The number of hydrogen-bond acceptors (Lipinski definition) is 4. The van der Waals surface area contributed by atoms with E-state index in [1.54, 1.807) is 30.3 Å². The lowest BCUT2D eigenvalue weighted by Crippen LogP contribution is -2.09. The maximum Gasteiger partial charge on any atom is 0.138 e. The van der Waals surface area contributed by atoms with E-state index >= 15 is 0 Å². The molecule has 0 bridgehead atoms. The molecule has 1 fully saturated rings. The van der Waals surface area contributed by atoms with E-state index in [2.05, 4.69) is 13.8 Å². The number of phenolic OH excluding ortho intramolecular Hbond substituents is 2. The van der Waals surface area contributed by atoms with Crippen molar-refractivity contribution in [2.45, 2.75) is 72.6 Å². The quantitative estimate of drug-likeness (QED) is 0.348. The third-order valence-electron chi connectivity index (χ3n) is 4.28. The summed E-state index contributed by atoms with van der Waals surface area (Å²) < 4.78 is 0. The van der Waals surface area contributed by atoms with Crippen LogP contribution < -0.4 is 11.5 Å². The van der Waals surface area contributed by atoms with Gasteiger partial charge in [0, 0.05) is 0 Å². The Kier molecular flexibility index (Phi) is 14.4. The average Bonchev–Trinajstić information content (AvgIpc) is 2.71. The van der Waals surface area contributed by atoms with Gasteiger partial charge in [0.1, 0.15) is 11.5 Å². The lowest BCUT2D eigenvalue weighted by Gasteiger charge is -2.21. The van der Waals surface area contributed by atoms with Crippen LogP contribution in [0.5, 0.6) is 11.5 Å². The zero-order chi connectivity index (χ0) is 21.4. The van der Waals surface area contributed by atoms with Crippen LogP contribution in [0.2, 0.25) is 0 Å². The number of nitrogen functional groups attached to an aromatic ring is 2. The smallest absolute Gasteiger partial charge is 0.138 e. The fraction of sp³-hybridized carbons (Fsp3) is 0.500. The average molecular weight is 389 g/mol. The van der Waals surface area contributed by atoms with Crippen LogP contribution in [0.1, 0.15) is 71.8 Å². The van der Waals surface area contributed by atoms with Crippen molar-refractivity contribution in [3.05, 3.63) is 48.0 Å². The molecule has 3 rings (SSSR count). The number of phenols is 2. The third kappa shape index (κ3) is 10.7. The highest BCUT2D eigenvalue weighted by atomic mass is 16.3. The highest BCUT2D eigenvalue weighted by molar-refractivity contribution is 5.53. The van der Waals surface area contributed by atoms with E-state index in [9.17, 15) is 5.11 Å². The second kappa shape index (κ2) is 15.7. The van der Waals surface area contributed by atoms with Gasteiger partial charge in [0.2, 0.25) is 0 Å². The van der Waals surface area contributed by atoms with Crippen molar-refractivity contribution in [2.24, 2.45) is 5.92 Å². The largest absolute Gasteiger partial charge is 0.506 e. The van der Waals surface area contributed by atoms with E-state index in [0.29, 0.717) is 11.4 Å². The number of hydrogen-bond donors (Lipinski definition) is 4. The fourth-order valence-electron chi connectivity index (χ4n) is 2.94. The zero-order valence-electron chi connectivity index (χ0n) is 18.1. The highest BCUT2D eigenvalue weighted by Crippen LogP contribution is 2.29. The standard InChI is InChI=1S/C13H19NO.C6H7NO.C3H8.C2H6/c14-12-9-11(6-7-13(12)15)8-10-4-2-1-3-5-10;7-5-3-1-2-4-6(5)8;1-3-2;1-2/h6-7,9-10,15H,1-5,8,14H2;1-4,8H,7H2;3H2,1-2H3;1-2H3. The van der Waals surface area contributed by atoms with Crippen LogP contribution in [0.3, 0.4) is 0 Å². The molecule has 0 saturated heterocycles. The van der Waals surface area contributed by atoms with Crippen molar-refractivity contribution < 1.29 is 10.2 Å². The molecule has 2 aromatic rings. The van der Waals surface area contributed by atoms with Gasteiger partial charge in [-0.25, -0.2) is 0 Å². The van der Waals surface area contributed by atoms with Crippen molar-refractivity contribution in [2.75, 3.05) is 11.5 Å². The van der Waals surface area contributed by atoms with Gasteiger partial charge in [0.25, 0.3) is 0 Å². The first kappa shape index (κ1) is 25.6. The third-order valence-corrected chi connectivity index (χ3v) is 4.28. The Hall–Kier alpha value is -2.36. The van der Waals surface area contributed by atoms with Crippen LogP contribution in [-0.4, -0.2) is 10.2 Å². The SMILES string of the molecule is CC.CCC.Nc1cc(CC2CCCCC2)ccc1O.Nc1ccccc1O. The summed E-state index contributed by atoms with van der Waals surface area (Å²) in [4.78, 5) is 0.